The molecule has 0 fully saturated rings. The highest BCUT2D eigenvalue weighted by molar-refractivity contribution is 7.17. The number of carboxylic acids is 1. The first-order valence-electron chi connectivity index (χ1n) is 7.39. The Bertz CT molecular complexity index is 712. The zero-order valence-electron chi connectivity index (χ0n) is 13.2. The van der Waals surface area contributed by atoms with Crippen LogP contribution in [0.15, 0.2) is 49.6 Å². The zero-order chi connectivity index (χ0) is 16.8. The number of rotatable bonds is 8. The van der Waals surface area contributed by atoms with E-state index in [4.69, 9.17) is 0 Å². The van der Waals surface area contributed by atoms with Crippen molar-refractivity contribution in [1.29, 1.82) is 0 Å². The van der Waals surface area contributed by atoms with E-state index in [-0.39, 0.29) is 4.88 Å². The van der Waals surface area contributed by atoms with Gasteiger partial charge in [0, 0.05) is 11.1 Å². The molecule has 0 saturated carbocycles. The van der Waals surface area contributed by atoms with Crippen molar-refractivity contribution in [3.05, 3.63) is 65.7 Å². The predicted molar refractivity (Wildman–Crippen MR) is 91.4 cm³/mol. The van der Waals surface area contributed by atoms with Crippen LogP contribution in [-0.2, 0) is 6.54 Å². The number of quaternary nitrogens is 1. The molecule has 2 rings (SSSR count). The third-order valence-electron chi connectivity index (χ3n) is 3.54. The quantitative estimate of drug-likeness (QED) is 0.742. The fraction of sp³-hybridized carbons (Fsp3) is 0.222. The van der Waals surface area contributed by atoms with Crippen molar-refractivity contribution < 1.29 is 14.8 Å². The fourth-order valence-electron chi connectivity index (χ4n) is 2.49. The van der Waals surface area contributed by atoms with Gasteiger partial charge in [-0.1, -0.05) is 37.4 Å². The lowest BCUT2D eigenvalue weighted by Crippen LogP contribution is -3.10. The molecule has 0 saturated heterocycles. The lowest BCUT2D eigenvalue weighted by atomic mass is 10.1. The average Bonchev–Trinajstić information content (AvgIpc) is 2.90. The summed E-state index contributed by atoms with van der Waals surface area (Å²) in [6.45, 7) is 11.8. The van der Waals surface area contributed by atoms with Crippen molar-refractivity contribution in [2.75, 3.05) is 13.1 Å². The van der Waals surface area contributed by atoms with Gasteiger partial charge in [0.15, 0.2) is 0 Å². The van der Waals surface area contributed by atoms with Gasteiger partial charge in [-0.05, 0) is 19.1 Å². The Morgan fingerprint density at radius 3 is 2.52 bits per heavy atom. The molecule has 1 heterocycles. The van der Waals surface area contributed by atoms with Gasteiger partial charge in [0.1, 0.15) is 11.6 Å². The van der Waals surface area contributed by atoms with Crippen molar-refractivity contribution in [2.24, 2.45) is 0 Å². The number of carbonyl (C=O) groups is 1. The van der Waals surface area contributed by atoms with E-state index < -0.39 is 5.97 Å². The molecule has 5 heteroatoms. The Hall–Kier alpha value is -2.24. The van der Waals surface area contributed by atoms with Crippen LogP contribution in [0.25, 0.3) is 10.6 Å². The Kier molecular flexibility index (Phi) is 5.84. The van der Waals surface area contributed by atoms with E-state index in [0.29, 0.717) is 10.7 Å². The number of aromatic nitrogens is 1. The number of hydrogen-bond acceptors (Lipinski definition) is 4. The molecule has 0 atom stereocenters. The summed E-state index contributed by atoms with van der Waals surface area (Å²) in [5.41, 5.74) is 2.60. The highest BCUT2D eigenvalue weighted by Gasteiger charge is 2.15. The molecule has 120 valence electrons. The first kappa shape index (κ1) is 17.1. The van der Waals surface area contributed by atoms with Crippen LogP contribution >= 0.6 is 11.3 Å². The van der Waals surface area contributed by atoms with Crippen LogP contribution in [0.4, 0.5) is 0 Å². The van der Waals surface area contributed by atoms with Crippen LogP contribution < -0.4 is 10.0 Å². The molecule has 0 amide bonds. The number of aromatic carboxylic acids is 1. The molecule has 4 nitrogen and oxygen atoms in total. The van der Waals surface area contributed by atoms with Crippen molar-refractivity contribution in [3.63, 3.8) is 0 Å². The minimum atomic E-state index is -1.17. The van der Waals surface area contributed by atoms with E-state index in [1.165, 1.54) is 16.2 Å². The van der Waals surface area contributed by atoms with Crippen molar-refractivity contribution in [3.8, 4) is 10.6 Å². The predicted octanol–water partition coefficient (Wildman–Crippen LogP) is 1.24. The first-order chi connectivity index (χ1) is 11.1. The molecule has 0 aliphatic carbocycles. The fourth-order valence-corrected chi connectivity index (χ4v) is 3.45. The third kappa shape index (κ3) is 4.15. The highest BCUT2D eigenvalue weighted by atomic mass is 32.1. The monoisotopic (exact) mass is 328 g/mol. The molecule has 1 N–H and O–H groups in total. The number of nitrogens with one attached hydrogen (secondary N) is 1. The number of benzene rings is 1. The summed E-state index contributed by atoms with van der Waals surface area (Å²) in [5.74, 6) is -1.17. The van der Waals surface area contributed by atoms with E-state index >= 15 is 0 Å². The van der Waals surface area contributed by atoms with Gasteiger partial charge in [-0.2, -0.15) is 0 Å². The van der Waals surface area contributed by atoms with E-state index in [1.54, 1.807) is 6.92 Å². The second kappa shape index (κ2) is 7.85. The normalized spacial score (nSPS) is 10.7. The lowest BCUT2D eigenvalue weighted by Gasteiger charge is -2.17. The Labute approximate surface area is 140 Å². The van der Waals surface area contributed by atoms with Gasteiger partial charge < -0.3 is 14.8 Å². The third-order valence-corrected chi connectivity index (χ3v) is 4.71. The molecular formula is C18H20N2O2S. The Balaban J connectivity index is 2.37. The second-order valence-corrected chi connectivity index (χ2v) is 6.29. The molecule has 23 heavy (non-hydrogen) atoms. The van der Waals surface area contributed by atoms with E-state index in [0.717, 1.165) is 30.8 Å². The van der Waals surface area contributed by atoms with Crippen molar-refractivity contribution in [1.82, 2.24) is 4.98 Å². The van der Waals surface area contributed by atoms with Gasteiger partial charge in [-0.25, -0.2) is 4.98 Å². The summed E-state index contributed by atoms with van der Waals surface area (Å²) >= 11 is 1.17. The number of carboxylic acid groups (broad SMARTS) is 1. The van der Waals surface area contributed by atoms with Crippen LogP contribution in [0.1, 0.15) is 20.9 Å². The Morgan fingerprint density at radius 2 is 1.96 bits per heavy atom. The van der Waals surface area contributed by atoms with Crippen LogP contribution in [0.3, 0.4) is 0 Å². The molecule has 0 aliphatic heterocycles. The average molecular weight is 328 g/mol. The summed E-state index contributed by atoms with van der Waals surface area (Å²) in [4.78, 5) is 17.0. The van der Waals surface area contributed by atoms with Crippen LogP contribution in [-0.4, -0.2) is 24.0 Å². The van der Waals surface area contributed by atoms with E-state index in [1.807, 2.05) is 30.4 Å². The van der Waals surface area contributed by atoms with Gasteiger partial charge in [-0.3, -0.25) is 0 Å². The van der Waals surface area contributed by atoms with Crippen LogP contribution in [0.5, 0.6) is 0 Å². The summed E-state index contributed by atoms with van der Waals surface area (Å²) in [6.07, 6.45) is 3.78. The largest absolute Gasteiger partial charge is 0.544 e. The molecule has 1 aromatic carbocycles. The van der Waals surface area contributed by atoms with E-state index in [2.05, 4.69) is 24.2 Å². The van der Waals surface area contributed by atoms with Gasteiger partial charge in [-0.15, -0.1) is 11.3 Å². The molecule has 2 aromatic rings. The minimum Gasteiger partial charge on any atom is -0.544 e. The molecule has 0 bridgehead atoms. The summed E-state index contributed by atoms with van der Waals surface area (Å²) in [7, 11) is 0. The SMILES string of the molecule is C=CC[NH+](CC=C)Cc1ccccc1-c1nc(C)c(C(=O)[O-])s1. The summed E-state index contributed by atoms with van der Waals surface area (Å²) < 4.78 is 0. The zero-order valence-corrected chi connectivity index (χ0v) is 14.0. The van der Waals surface area contributed by atoms with Gasteiger partial charge in [0.2, 0.25) is 0 Å². The number of nitrogens with zero attached hydrogens (tertiary/aromatic N) is 1. The maximum atomic E-state index is 11.1. The highest BCUT2D eigenvalue weighted by Crippen LogP contribution is 2.29. The van der Waals surface area contributed by atoms with Gasteiger partial charge in [0.25, 0.3) is 0 Å². The summed E-state index contributed by atoms with van der Waals surface area (Å²) in [6, 6.07) is 7.95. The van der Waals surface area contributed by atoms with Crippen LogP contribution in [0, 0.1) is 6.92 Å². The molecule has 0 radical (unpaired) electrons. The number of thiazole rings is 1. The topological polar surface area (TPSA) is 57.5 Å². The van der Waals surface area contributed by atoms with Crippen molar-refractivity contribution >= 4 is 17.3 Å². The number of hydrogen-bond donors (Lipinski definition) is 1. The van der Waals surface area contributed by atoms with Crippen LogP contribution in [0.2, 0.25) is 0 Å². The molecular weight excluding hydrogens is 308 g/mol. The van der Waals surface area contributed by atoms with Gasteiger partial charge in [0.05, 0.1) is 29.6 Å². The first-order valence-corrected chi connectivity index (χ1v) is 8.20. The molecule has 0 spiro atoms. The number of aryl methyl sites for hydroxylation is 1. The Morgan fingerprint density at radius 1 is 1.30 bits per heavy atom. The van der Waals surface area contributed by atoms with E-state index in [9.17, 15) is 9.90 Å². The molecule has 1 aromatic heterocycles. The maximum absolute atomic E-state index is 11.1. The maximum Gasteiger partial charge on any atom is 0.124 e. The van der Waals surface area contributed by atoms with Crippen molar-refractivity contribution in [2.45, 2.75) is 13.5 Å². The lowest BCUT2D eigenvalue weighted by molar-refractivity contribution is -0.902. The molecule has 0 unspecified atom stereocenters. The standard InChI is InChI=1S/C18H20N2O2S/c1-4-10-20(11-5-2)12-14-8-6-7-9-15(14)17-19-13(3)16(23-17)18(21)22/h4-9H,1-2,10-12H2,3H3,(H,21,22). The second-order valence-electron chi connectivity index (χ2n) is 5.29. The summed E-state index contributed by atoms with van der Waals surface area (Å²) in [5, 5.41) is 11.8. The smallest absolute Gasteiger partial charge is 0.124 e. The minimum absolute atomic E-state index is 0.191. The van der Waals surface area contributed by atoms with Gasteiger partial charge >= 0.3 is 0 Å². The number of carbonyl (C=O) groups excluding carboxylic acids is 1. The molecule has 0 aliphatic rings.